The molecule has 2 aliphatic rings. The minimum atomic E-state index is 0.530. The summed E-state index contributed by atoms with van der Waals surface area (Å²) in [6.07, 6.45) is 5.28. The third kappa shape index (κ3) is 5.16. The van der Waals surface area contributed by atoms with Gasteiger partial charge in [0.25, 0.3) is 0 Å². The van der Waals surface area contributed by atoms with Crippen molar-refractivity contribution in [2.75, 3.05) is 0 Å². The summed E-state index contributed by atoms with van der Waals surface area (Å²) in [5.41, 5.74) is 2.68. The Kier molecular flexibility index (Phi) is 7.90. The highest BCUT2D eigenvalue weighted by Crippen LogP contribution is 2.51. The first-order valence-electron chi connectivity index (χ1n) is 7.31. The standard InChI is InChI=1S/C17H18Br4S2/c1-8(2)22-16-11-5-10(12(18)6-14(16)20)13(19)7-15(21)17(11)23-9(3)4/h6-9H,5H2,1-4H3. The topological polar surface area (TPSA) is 0 Å². The second-order valence-corrected chi connectivity index (χ2v) is 12.4. The van der Waals surface area contributed by atoms with Crippen LogP contribution in [0.3, 0.4) is 0 Å². The average Bonchev–Trinajstić information content (AvgIpc) is 2.60. The van der Waals surface area contributed by atoms with Crippen LogP contribution in [0.4, 0.5) is 0 Å². The Balaban J connectivity index is 2.72. The van der Waals surface area contributed by atoms with Crippen molar-refractivity contribution in [3.8, 4) is 0 Å². The predicted molar refractivity (Wildman–Crippen MR) is 123 cm³/mol. The maximum Gasteiger partial charge on any atom is 0.0325 e. The molecule has 0 atom stereocenters. The van der Waals surface area contributed by atoms with E-state index in [0.29, 0.717) is 10.5 Å². The molecule has 2 aliphatic carbocycles. The Morgan fingerprint density at radius 2 is 1.26 bits per heavy atom. The van der Waals surface area contributed by atoms with Crippen LogP contribution < -0.4 is 0 Å². The largest absolute Gasteiger partial charge is 0.122 e. The zero-order valence-corrected chi connectivity index (χ0v) is 21.3. The van der Waals surface area contributed by atoms with Crippen molar-refractivity contribution in [2.45, 2.75) is 44.6 Å². The molecule has 0 saturated carbocycles. The summed E-state index contributed by atoms with van der Waals surface area (Å²) >= 11 is 19.0. The molecule has 0 amide bonds. The molecule has 6 heteroatoms. The fourth-order valence-electron chi connectivity index (χ4n) is 2.27. The van der Waals surface area contributed by atoms with E-state index in [1.807, 2.05) is 23.5 Å². The van der Waals surface area contributed by atoms with Crippen LogP contribution in [-0.4, -0.2) is 10.5 Å². The molecule has 0 spiro atoms. The zero-order valence-electron chi connectivity index (χ0n) is 13.3. The smallest absolute Gasteiger partial charge is 0.0325 e. The Labute approximate surface area is 181 Å². The first-order valence-corrected chi connectivity index (χ1v) is 12.2. The molecule has 23 heavy (non-hydrogen) atoms. The van der Waals surface area contributed by atoms with Gasteiger partial charge in [0.2, 0.25) is 0 Å². The summed E-state index contributed by atoms with van der Waals surface area (Å²) in [7, 11) is 0. The van der Waals surface area contributed by atoms with Gasteiger partial charge in [-0.3, -0.25) is 0 Å². The van der Waals surface area contributed by atoms with Gasteiger partial charge in [0.05, 0.1) is 0 Å². The second-order valence-electron chi connectivity index (χ2n) is 5.81. The van der Waals surface area contributed by atoms with Gasteiger partial charge in [-0.1, -0.05) is 59.6 Å². The molecule has 0 saturated heterocycles. The van der Waals surface area contributed by atoms with Gasteiger partial charge in [0.15, 0.2) is 0 Å². The molecule has 0 aromatic carbocycles. The third-order valence-corrected chi connectivity index (χ3v) is 8.66. The van der Waals surface area contributed by atoms with Crippen LogP contribution in [0.2, 0.25) is 0 Å². The number of rotatable bonds is 4. The predicted octanol–water partition coefficient (Wildman–Crippen LogP) is 8.75. The lowest BCUT2D eigenvalue weighted by Gasteiger charge is -2.19. The Morgan fingerprint density at radius 3 is 1.83 bits per heavy atom. The maximum absolute atomic E-state index is 3.81. The van der Waals surface area contributed by atoms with Crippen LogP contribution in [-0.2, 0) is 0 Å². The molecule has 0 N–H and O–H groups in total. The molecule has 0 aromatic heterocycles. The lowest BCUT2D eigenvalue weighted by molar-refractivity contribution is 1.11. The van der Waals surface area contributed by atoms with Crippen molar-refractivity contribution >= 4 is 87.2 Å². The van der Waals surface area contributed by atoms with Gasteiger partial charge in [-0.25, -0.2) is 0 Å². The summed E-state index contributed by atoms with van der Waals surface area (Å²) in [6, 6.07) is 0. The van der Waals surface area contributed by atoms with Crippen LogP contribution in [0.1, 0.15) is 34.1 Å². The van der Waals surface area contributed by atoms with Gasteiger partial charge in [-0.15, -0.1) is 23.5 Å². The van der Waals surface area contributed by atoms with E-state index in [1.54, 1.807) is 0 Å². The highest BCUT2D eigenvalue weighted by molar-refractivity contribution is 9.13. The minimum absolute atomic E-state index is 0.530. The number of hydrogen-bond donors (Lipinski definition) is 0. The molecule has 0 unspecified atom stereocenters. The fraction of sp³-hybridized carbons (Fsp3) is 0.412. The van der Waals surface area contributed by atoms with E-state index in [0.717, 1.165) is 24.4 Å². The molecule has 2 rings (SSSR count). The van der Waals surface area contributed by atoms with E-state index in [-0.39, 0.29) is 0 Å². The molecular weight excluding hydrogens is 588 g/mol. The van der Waals surface area contributed by atoms with E-state index in [2.05, 4.69) is 104 Å². The van der Waals surface area contributed by atoms with E-state index < -0.39 is 0 Å². The lowest BCUT2D eigenvalue weighted by atomic mass is 10.1. The van der Waals surface area contributed by atoms with Crippen molar-refractivity contribution in [2.24, 2.45) is 0 Å². The molecule has 0 aliphatic heterocycles. The van der Waals surface area contributed by atoms with Crippen molar-refractivity contribution in [3.05, 3.63) is 51.0 Å². The van der Waals surface area contributed by atoms with Crippen molar-refractivity contribution < 1.29 is 0 Å². The highest BCUT2D eigenvalue weighted by atomic mass is 79.9. The summed E-state index contributed by atoms with van der Waals surface area (Å²) in [5.74, 6) is 0. The van der Waals surface area contributed by atoms with Crippen LogP contribution in [0.15, 0.2) is 51.0 Å². The molecule has 0 nitrogen and oxygen atoms in total. The lowest BCUT2D eigenvalue weighted by Crippen LogP contribution is -1.99. The van der Waals surface area contributed by atoms with Crippen molar-refractivity contribution in [3.63, 3.8) is 0 Å². The first kappa shape index (κ1) is 20.6. The van der Waals surface area contributed by atoms with Crippen molar-refractivity contribution in [1.29, 1.82) is 0 Å². The summed E-state index contributed by atoms with van der Waals surface area (Å²) in [6.45, 7) is 8.97. The molecular formula is C17H18Br4S2. The Hall–Kier alpha value is 1.32. The van der Waals surface area contributed by atoms with E-state index >= 15 is 0 Å². The van der Waals surface area contributed by atoms with Gasteiger partial charge < -0.3 is 0 Å². The van der Waals surface area contributed by atoms with Gasteiger partial charge in [-0.05, 0) is 55.2 Å². The molecule has 0 aromatic rings. The van der Waals surface area contributed by atoms with Crippen LogP contribution in [0.25, 0.3) is 0 Å². The number of fused-ring (bicyclic) bond motifs is 2. The van der Waals surface area contributed by atoms with Crippen LogP contribution in [0.5, 0.6) is 0 Å². The van der Waals surface area contributed by atoms with Crippen LogP contribution >= 0.6 is 87.2 Å². The van der Waals surface area contributed by atoms with Crippen molar-refractivity contribution in [1.82, 2.24) is 0 Å². The summed E-state index contributed by atoms with van der Waals surface area (Å²) in [5, 5.41) is 1.06. The third-order valence-electron chi connectivity index (χ3n) is 3.13. The Morgan fingerprint density at radius 1 is 0.739 bits per heavy atom. The highest BCUT2D eigenvalue weighted by Gasteiger charge is 2.27. The van der Waals surface area contributed by atoms with Gasteiger partial charge >= 0.3 is 0 Å². The summed E-state index contributed by atoms with van der Waals surface area (Å²) < 4.78 is 4.55. The van der Waals surface area contributed by atoms with Gasteiger partial charge in [-0.2, -0.15) is 0 Å². The van der Waals surface area contributed by atoms with Gasteiger partial charge in [0, 0.05) is 44.7 Å². The van der Waals surface area contributed by atoms with E-state index in [4.69, 9.17) is 0 Å². The number of allylic oxidation sites excluding steroid dienone is 8. The quantitative estimate of drug-likeness (QED) is 0.314. The SMILES string of the molecule is CC(C)SC1=C(Br)C=C(Br)C2=C(Br)C=C(Br)C(SC(C)C)=C1C2. The molecule has 0 fully saturated rings. The fourth-order valence-corrected chi connectivity index (χ4v) is 7.79. The molecule has 0 heterocycles. The second kappa shape index (κ2) is 8.81. The Bertz CT molecular complexity index is 664. The maximum atomic E-state index is 3.81. The first-order chi connectivity index (χ1) is 10.7. The normalized spacial score (nSPS) is 19.4. The molecule has 2 bridgehead atoms. The monoisotopic (exact) mass is 602 g/mol. The zero-order chi connectivity index (χ0) is 17.3. The molecule has 126 valence electrons. The average molecular weight is 606 g/mol. The number of thioether (sulfide) groups is 2. The van der Waals surface area contributed by atoms with Crippen LogP contribution in [0, 0.1) is 0 Å². The number of halogens is 4. The van der Waals surface area contributed by atoms with Gasteiger partial charge in [0.1, 0.15) is 0 Å². The summed E-state index contributed by atoms with van der Waals surface area (Å²) in [4.78, 5) is 2.67. The minimum Gasteiger partial charge on any atom is -0.122 e. The molecule has 0 radical (unpaired) electrons. The number of hydrogen-bond acceptors (Lipinski definition) is 2. The van der Waals surface area contributed by atoms with E-state index in [9.17, 15) is 0 Å². The van der Waals surface area contributed by atoms with E-state index in [1.165, 1.54) is 21.0 Å².